The van der Waals surface area contributed by atoms with Crippen LogP contribution in [-0.2, 0) is 4.74 Å². The van der Waals surface area contributed by atoms with E-state index >= 15 is 0 Å². The average Bonchev–Trinajstić information content (AvgIpc) is 2.93. The van der Waals surface area contributed by atoms with Crippen LogP contribution in [0, 0.1) is 12.8 Å². The number of likely N-dealkylation sites (tertiary alicyclic amines) is 1. The molecule has 1 aromatic heterocycles. The molecule has 0 aromatic carbocycles. The molecule has 0 spiro atoms. The minimum atomic E-state index is -0.365. The molecule has 1 aromatic rings. The predicted octanol–water partition coefficient (Wildman–Crippen LogP) is 1.72. The summed E-state index contributed by atoms with van der Waals surface area (Å²) >= 11 is 0. The molecule has 6 heteroatoms. The van der Waals surface area contributed by atoms with E-state index in [0.717, 1.165) is 19.6 Å². The van der Waals surface area contributed by atoms with Crippen LogP contribution in [0.5, 0.6) is 0 Å². The molecule has 6 nitrogen and oxygen atoms in total. The highest BCUT2D eigenvalue weighted by molar-refractivity contribution is 5.90. The molecule has 2 heterocycles. The van der Waals surface area contributed by atoms with Gasteiger partial charge in [-0.05, 0) is 39.3 Å². The molecule has 1 atom stereocenters. The van der Waals surface area contributed by atoms with Gasteiger partial charge in [0, 0.05) is 19.3 Å². The lowest BCUT2D eigenvalue weighted by Gasteiger charge is -2.14. The first-order chi connectivity index (χ1) is 10.1. The molecule has 1 unspecified atom stereocenters. The van der Waals surface area contributed by atoms with Crippen molar-refractivity contribution in [3.8, 4) is 0 Å². The monoisotopic (exact) mass is 292 g/mol. The van der Waals surface area contributed by atoms with Gasteiger partial charge in [0.1, 0.15) is 0 Å². The van der Waals surface area contributed by atoms with Crippen molar-refractivity contribution in [1.29, 1.82) is 0 Å². The Hall–Kier alpha value is -1.69. The number of carbonyl (C=O) groups excluding carboxylic acids is 1. The Balaban J connectivity index is 1.90. The highest BCUT2D eigenvalue weighted by Gasteiger charge is 2.21. The van der Waals surface area contributed by atoms with Crippen molar-refractivity contribution in [3.05, 3.63) is 17.5 Å². The van der Waals surface area contributed by atoms with Gasteiger partial charge in [0.15, 0.2) is 0 Å². The molecule has 2 rings (SSSR count). The minimum absolute atomic E-state index is 0.355. The molecule has 0 radical (unpaired) electrons. The topological polar surface area (TPSA) is 67.3 Å². The van der Waals surface area contributed by atoms with Crippen LogP contribution in [-0.4, -0.2) is 53.6 Å². The van der Waals surface area contributed by atoms with Gasteiger partial charge in [0.25, 0.3) is 0 Å². The maximum Gasteiger partial charge on any atom is 0.341 e. The normalized spacial score (nSPS) is 18.7. The van der Waals surface area contributed by atoms with E-state index in [1.807, 2.05) is 0 Å². The number of nitrogens with zero attached hydrogens (tertiary/aromatic N) is 3. The second kappa shape index (κ2) is 7.36. The van der Waals surface area contributed by atoms with Crippen LogP contribution in [0.15, 0.2) is 6.20 Å². The number of rotatable bonds is 6. The molecule has 0 saturated carbocycles. The molecule has 0 bridgehead atoms. The van der Waals surface area contributed by atoms with Gasteiger partial charge in [0.05, 0.1) is 17.9 Å². The highest BCUT2D eigenvalue weighted by Crippen LogP contribution is 2.16. The van der Waals surface area contributed by atoms with Gasteiger partial charge < -0.3 is 15.0 Å². The fraction of sp³-hybridized carbons (Fsp3) is 0.667. The molecule has 0 amide bonds. The van der Waals surface area contributed by atoms with E-state index in [9.17, 15) is 4.79 Å². The van der Waals surface area contributed by atoms with E-state index in [4.69, 9.17) is 4.74 Å². The van der Waals surface area contributed by atoms with E-state index in [0.29, 0.717) is 29.7 Å². The molecule has 1 aliphatic heterocycles. The summed E-state index contributed by atoms with van der Waals surface area (Å²) in [5.74, 6) is 0.852. The van der Waals surface area contributed by atoms with Crippen LogP contribution >= 0.6 is 0 Å². The first-order valence-corrected chi connectivity index (χ1v) is 7.61. The van der Waals surface area contributed by atoms with Gasteiger partial charge >= 0.3 is 5.97 Å². The summed E-state index contributed by atoms with van der Waals surface area (Å²) in [4.78, 5) is 22.7. The summed E-state index contributed by atoms with van der Waals surface area (Å²) in [6.45, 7) is 10.4. The number of anilines is 1. The quantitative estimate of drug-likeness (QED) is 0.805. The van der Waals surface area contributed by atoms with Crippen molar-refractivity contribution in [2.45, 2.75) is 27.2 Å². The van der Waals surface area contributed by atoms with Crippen LogP contribution in [0.4, 0.5) is 5.95 Å². The van der Waals surface area contributed by atoms with Crippen LogP contribution in [0.25, 0.3) is 0 Å². The number of ether oxygens (including phenoxy) is 1. The molecule has 1 N–H and O–H groups in total. The summed E-state index contributed by atoms with van der Waals surface area (Å²) in [5.41, 5.74) is 1.08. The number of hydrogen-bond acceptors (Lipinski definition) is 6. The van der Waals surface area contributed by atoms with E-state index < -0.39 is 0 Å². The molecule has 1 fully saturated rings. The molecular formula is C15H24N4O2. The highest BCUT2D eigenvalue weighted by atomic mass is 16.5. The zero-order valence-corrected chi connectivity index (χ0v) is 13.1. The largest absolute Gasteiger partial charge is 0.462 e. The average molecular weight is 292 g/mol. The molecule has 0 aliphatic carbocycles. The Morgan fingerprint density at radius 1 is 1.52 bits per heavy atom. The summed E-state index contributed by atoms with van der Waals surface area (Å²) in [5, 5.41) is 3.27. The summed E-state index contributed by atoms with van der Waals surface area (Å²) in [6.07, 6.45) is 2.75. The fourth-order valence-corrected chi connectivity index (χ4v) is 2.56. The van der Waals surface area contributed by atoms with Crippen LogP contribution in [0.1, 0.15) is 36.3 Å². The van der Waals surface area contributed by atoms with E-state index in [1.165, 1.54) is 19.2 Å². The molecule has 1 aliphatic rings. The SMILES string of the molecule is CCOC(=O)c1cnc(NCC2CCN(CC)C2)nc1C. The third-order valence-electron chi connectivity index (χ3n) is 3.84. The van der Waals surface area contributed by atoms with Gasteiger partial charge in [-0.2, -0.15) is 0 Å². The van der Waals surface area contributed by atoms with Crippen molar-refractivity contribution in [3.63, 3.8) is 0 Å². The van der Waals surface area contributed by atoms with Crippen molar-refractivity contribution < 1.29 is 9.53 Å². The lowest BCUT2D eigenvalue weighted by molar-refractivity contribution is 0.0524. The first kappa shape index (κ1) is 15.7. The summed E-state index contributed by atoms with van der Waals surface area (Å²) in [7, 11) is 0. The number of aryl methyl sites for hydroxylation is 1. The lowest BCUT2D eigenvalue weighted by atomic mass is 10.1. The van der Waals surface area contributed by atoms with E-state index in [-0.39, 0.29) is 5.97 Å². The number of esters is 1. The van der Waals surface area contributed by atoms with Crippen LogP contribution in [0.2, 0.25) is 0 Å². The van der Waals surface area contributed by atoms with Crippen molar-refractivity contribution in [1.82, 2.24) is 14.9 Å². The van der Waals surface area contributed by atoms with Crippen LogP contribution < -0.4 is 5.32 Å². The maximum absolute atomic E-state index is 11.7. The molecular weight excluding hydrogens is 268 g/mol. The Bertz CT molecular complexity index is 493. The Morgan fingerprint density at radius 2 is 2.33 bits per heavy atom. The third-order valence-corrected chi connectivity index (χ3v) is 3.84. The zero-order chi connectivity index (χ0) is 15.2. The van der Waals surface area contributed by atoms with Gasteiger partial charge in [-0.15, -0.1) is 0 Å². The second-order valence-electron chi connectivity index (χ2n) is 5.34. The van der Waals surface area contributed by atoms with Gasteiger partial charge in [-0.3, -0.25) is 0 Å². The summed E-state index contributed by atoms with van der Waals surface area (Å²) in [6, 6.07) is 0. The lowest BCUT2D eigenvalue weighted by Crippen LogP contribution is -2.23. The zero-order valence-electron chi connectivity index (χ0n) is 13.1. The predicted molar refractivity (Wildman–Crippen MR) is 81.4 cm³/mol. The Labute approximate surface area is 125 Å². The number of aromatic nitrogens is 2. The summed E-state index contributed by atoms with van der Waals surface area (Å²) < 4.78 is 4.97. The molecule has 116 valence electrons. The number of hydrogen-bond donors (Lipinski definition) is 1. The molecule has 1 saturated heterocycles. The second-order valence-corrected chi connectivity index (χ2v) is 5.34. The standard InChI is InChI=1S/C15H24N4O2/c1-4-19-7-6-12(10-19)8-16-15-17-9-13(11(3)18-15)14(20)21-5-2/h9,12H,4-8,10H2,1-3H3,(H,16,17,18). The van der Waals surface area contributed by atoms with Crippen LogP contribution in [0.3, 0.4) is 0 Å². The Morgan fingerprint density at radius 3 is 2.95 bits per heavy atom. The van der Waals surface area contributed by atoms with E-state index in [1.54, 1.807) is 13.8 Å². The third kappa shape index (κ3) is 4.14. The number of carbonyl (C=O) groups is 1. The van der Waals surface area contributed by atoms with E-state index in [2.05, 4.69) is 27.1 Å². The van der Waals surface area contributed by atoms with Crippen molar-refractivity contribution in [2.75, 3.05) is 38.1 Å². The van der Waals surface area contributed by atoms with Gasteiger partial charge in [-0.1, -0.05) is 6.92 Å². The van der Waals surface area contributed by atoms with Gasteiger partial charge in [0.2, 0.25) is 5.95 Å². The maximum atomic E-state index is 11.7. The Kier molecular flexibility index (Phi) is 5.50. The fourth-order valence-electron chi connectivity index (χ4n) is 2.56. The van der Waals surface area contributed by atoms with Crippen molar-refractivity contribution >= 4 is 11.9 Å². The van der Waals surface area contributed by atoms with Crippen molar-refractivity contribution in [2.24, 2.45) is 5.92 Å². The number of nitrogens with one attached hydrogen (secondary N) is 1. The first-order valence-electron chi connectivity index (χ1n) is 7.61. The smallest absolute Gasteiger partial charge is 0.341 e. The minimum Gasteiger partial charge on any atom is -0.462 e. The molecule has 21 heavy (non-hydrogen) atoms. The van der Waals surface area contributed by atoms with Gasteiger partial charge in [-0.25, -0.2) is 14.8 Å².